The van der Waals surface area contributed by atoms with Crippen molar-refractivity contribution in [3.8, 4) is 5.69 Å². The molecule has 2 heterocycles. The monoisotopic (exact) mass is 300 g/mol. The number of carboxylic acid groups (broad SMARTS) is 1. The highest BCUT2D eigenvalue weighted by Crippen LogP contribution is 2.25. The third-order valence-electron chi connectivity index (χ3n) is 2.94. The molecule has 7 heteroatoms. The second kappa shape index (κ2) is 5.53. The molecule has 3 rings (SSSR count). The molecule has 0 atom stereocenters. The van der Waals surface area contributed by atoms with Crippen LogP contribution in [-0.2, 0) is 4.79 Å². The lowest BCUT2D eigenvalue weighted by Gasteiger charge is -2.04. The fourth-order valence-electron chi connectivity index (χ4n) is 1.94. The summed E-state index contributed by atoms with van der Waals surface area (Å²) in [6, 6.07) is 7.94. The fraction of sp³-hybridized carbons (Fsp3) is 0.143. The van der Waals surface area contributed by atoms with E-state index in [1.54, 1.807) is 10.9 Å². The molecule has 0 radical (unpaired) electrons. The van der Waals surface area contributed by atoms with Gasteiger partial charge in [0.2, 0.25) is 0 Å². The van der Waals surface area contributed by atoms with Gasteiger partial charge in [0.1, 0.15) is 11.4 Å². The summed E-state index contributed by atoms with van der Waals surface area (Å²) in [5.74, 6) is -0.917. The molecule has 0 amide bonds. The Morgan fingerprint density at radius 3 is 2.76 bits per heavy atom. The first kappa shape index (κ1) is 13.6. The molecular formula is C14H12N4O2S. The van der Waals surface area contributed by atoms with E-state index < -0.39 is 5.97 Å². The Morgan fingerprint density at radius 2 is 2.05 bits per heavy atom. The Kier molecular flexibility index (Phi) is 3.57. The number of nitrogens with zero attached hydrogens (tertiary/aromatic N) is 4. The molecule has 0 saturated heterocycles. The van der Waals surface area contributed by atoms with Gasteiger partial charge in [0.05, 0.1) is 23.0 Å². The first-order valence-corrected chi connectivity index (χ1v) is 7.24. The molecule has 0 aliphatic heterocycles. The number of rotatable bonds is 4. The number of carbonyl (C=O) groups is 1. The van der Waals surface area contributed by atoms with Crippen molar-refractivity contribution < 1.29 is 9.90 Å². The summed E-state index contributed by atoms with van der Waals surface area (Å²) >= 11 is 1.17. The van der Waals surface area contributed by atoms with Gasteiger partial charge in [0.25, 0.3) is 0 Å². The molecule has 2 aromatic heterocycles. The SMILES string of the molecule is Cc1ccc(-n2ncc3c(SCC(=O)O)ncnc32)cc1. The van der Waals surface area contributed by atoms with Crippen LogP contribution < -0.4 is 0 Å². The van der Waals surface area contributed by atoms with Crippen LogP contribution in [0.15, 0.2) is 41.8 Å². The van der Waals surface area contributed by atoms with Crippen LogP contribution in [-0.4, -0.2) is 36.6 Å². The minimum absolute atomic E-state index is 0.0399. The van der Waals surface area contributed by atoms with Gasteiger partial charge < -0.3 is 5.11 Å². The summed E-state index contributed by atoms with van der Waals surface area (Å²) in [5, 5.41) is 14.5. The summed E-state index contributed by atoms with van der Waals surface area (Å²) < 4.78 is 1.72. The minimum atomic E-state index is -0.877. The molecular weight excluding hydrogens is 288 g/mol. The number of thioether (sulfide) groups is 1. The van der Waals surface area contributed by atoms with Crippen LogP contribution in [0.2, 0.25) is 0 Å². The molecule has 6 nitrogen and oxygen atoms in total. The van der Waals surface area contributed by atoms with E-state index >= 15 is 0 Å². The van der Waals surface area contributed by atoms with Gasteiger partial charge in [-0.2, -0.15) is 5.10 Å². The number of aromatic nitrogens is 4. The third-order valence-corrected chi connectivity index (χ3v) is 3.93. The van der Waals surface area contributed by atoms with Crippen LogP contribution in [0, 0.1) is 6.92 Å². The van der Waals surface area contributed by atoms with Gasteiger partial charge >= 0.3 is 5.97 Å². The van der Waals surface area contributed by atoms with Crippen LogP contribution in [0.4, 0.5) is 0 Å². The van der Waals surface area contributed by atoms with Crippen LogP contribution >= 0.6 is 11.8 Å². The van der Waals surface area contributed by atoms with E-state index in [0.29, 0.717) is 10.7 Å². The highest BCUT2D eigenvalue weighted by molar-refractivity contribution is 8.00. The minimum Gasteiger partial charge on any atom is -0.481 e. The summed E-state index contributed by atoms with van der Waals surface area (Å²) in [7, 11) is 0. The third kappa shape index (κ3) is 2.73. The highest BCUT2D eigenvalue weighted by atomic mass is 32.2. The normalized spacial score (nSPS) is 10.9. The van der Waals surface area contributed by atoms with Crippen LogP contribution in [0.3, 0.4) is 0 Å². The standard InChI is InChI=1S/C14H12N4O2S/c1-9-2-4-10(5-3-9)18-13-11(6-17-18)14(16-8-15-13)21-7-12(19)20/h2-6,8H,7H2,1H3,(H,19,20). The molecule has 0 aliphatic carbocycles. The second-order valence-electron chi connectivity index (χ2n) is 4.49. The van der Waals surface area contributed by atoms with Crippen LogP contribution in [0.1, 0.15) is 5.56 Å². The van der Waals surface area contributed by atoms with E-state index in [2.05, 4.69) is 15.1 Å². The van der Waals surface area contributed by atoms with E-state index in [-0.39, 0.29) is 5.75 Å². The largest absolute Gasteiger partial charge is 0.481 e. The average molecular weight is 300 g/mol. The predicted octanol–water partition coefficient (Wildman–Crippen LogP) is 2.30. The van der Waals surface area contributed by atoms with Gasteiger partial charge in [-0.3, -0.25) is 4.79 Å². The van der Waals surface area contributed by atoms with E-state index in [9.17, 15) is 4.79 Å². The Morgan fingerprint density at radius 1 is 1.29 bits per heavy atom. The molecule has 0 spiro atoms. The Bertz CT molecular complexity index is 798. The van der Waals surface area contributed by atoms with Gasteiger partial charge in [-0.15, -0.1) is 0 Å². The van der Waals surface area contributed by atoms with Crippen molar-refractivity contribution in [2.45, 2.75) is 11.9 Å². The maximum Gasteiger partial charge on any atom is 0.313 e. The van der Waals surface area contributed by atoms with E-state index in [1.807, 2.05) is 31.2 Å². The lowest BCUT2D eigenvalue weighted by atomic mass is 10.2. The zero-order chi connectivity index (χ0) is 14.8. The summed E-state index contributed by atoms with van der Waals surface area (Å²) in [5.41, 5.74) is 2.74. The number of hydrogen-bond donors (Lipinski definition) is 1. The molecule has 0 fully saturated rings. The van der Waals surface area contributed by atoms with Crippen LogP contribution in [0.5, 0.6) is 0 Å². The van der Waals surface area contributed by atoms with Gasteiger partial charge in [0, 0.05) is 0 Å². The summed E-state index contributed by atoms with van der Waals surface area (Å²) in [6.07, 6.45) is 3.10. The maximum absolute atomic E-state index is 10.7. The lowest BCUT2D eigenvalue weighted by molar-refractivity contribution is -0.133. The number of hydrogen-bond acceptors (Lipinski definition) is 5. The Balaban J connectivity index is 2.04. The molecule has 21 heavy (non-hydrogen) atoms. The van der Waals surface area contributed by atoms with Crippen molar-refractivity contribution in [3.63, 3.8) is 0 Å². The number of carboxylic acids is 1. The second-order valence-corrected chi connectivity index (χ2v) is 5.45. The van der Waals surface area contributed by atoms with Crippen LogP contribution in [0.25, 0.3) is 16.7 Å². The average Bonchev–Trinajstić information content (AvgIpc) is 2.90. The van der Waals surface area contributed by atoms with Crippen molar-refractivity contribution in [1.29, 1.82) is 0 Å². The predicted molar refractivity (Wildman–Crippen MR) is 79.8 cm³/mol. The van der Waals surface area contributed by atoms with Gasteiger partial charge in [-0.05, 0) is 19.1 Å². The molecule has 1 aromatic carbocycles. The quantitative estimate of drug-likeness (QED) is 0.588. The number of aryl methyl sites for hydroxylation is 1. The zero-order valence-electron chi connectivity index (χ0n) is 11.2. The number of aliphatic carboxylic acids is 1. The molecule has 0 unspecified atom stereocenters. The Labute approximate surface area is 124 Å². The van der Waals surface area contributed by atoms with Crippen molar-refractivity contribution in [1.82, 2.24) is 19.7 Å². The van der Waals surface area contributed by atoms with Gasteiger partial charge in [0.15, 0.2) is 5.65 Å². The van der Waals surface area contributed by atoms with Crippen molar-refractivity contribution >= 4 is 28.8 Å². The lowest BCUT2D eigenvalue weighted by Crippen LogP contribution is -2.00. The molecule has 1 N–H and O–H groups in total. The molecule has 3 aromatic rings. The topological polar surface area (TPSA) is 80.9 Å². The van der Waals surface area contributed by atoms with E-state index in [4.69, 9.17) is 5.11 Å². The maximum atomic E-state index is 10.7. The van der Waals surface area contributed by atoms with Gasteiger partial charge in [-0.1, -0.05) is 29.5 Å². The van der Waals surface area contributed by atoms with E-state index in [0.717, 1.165) is 11.1 Å². The zero-order valence-corrected chi connectivity index (χ0v) is 12.0. The van der Waals surface area contributed by atoms with Crippen molar-refractivity contribution in [3.05, 3.63) is 42.4 Å². The van der Waals surface area contributed by atoms with Gasteiger partial charge in [-0.25, -0.2) is 14.6 Å². The fourth-order valence-corrected chi connectivity index (χ4v) is 2.62. The summed E-state index contributed by atoms with van der Waals surface area (Å²) in [6.45, 7) is 2.02. The van der Waals surface area contributed by atoms with Crippen molar-refractivity contribution in [2.75, 3.05) is 5.75 Å². The number of fused-ring (bicyclic) bond motifs is 1. The smallest absolute Gasteiger partial charge is 0.313 e. The first-order chi connectivity index (χ1) is 10.1. The Hall–Kier alpha value is -2.41. The number of benzene rings is 1. The highest BCUT2D eigenvalue weighted by Gasteiger charge is 2.12. The summed E-state index contributed by atoms with van der Waals surface area (Å²) in [4.78, 5) is 19.1. The first-order valence-electron chi connectivity index (χ1n) is 6.25. The van der Waals surface area contributed by atoms with Crippen molar-refractivity contribution in [2.24, 2.45) is 0 Å². The van der Waals surface area contributed by atoms with E-state index in [1.165, 1.54) is 23.7 Å². The molecule has 0 aliphatic rings. The molecule has 0 bridgehead atoms. The molecule has 0 saturated carbocycles. The molecule has 106 valence electrons.